The van der Waals surface area contributed by atoms with Crippen LogP contribution in [0.4, 0.5) is 17.6 Å². The van der Waals surface area contributed by atoms with Gasteiger partial charge in [-0.3, -0.25) is 20.4 Å². The zero-order valence-corrected chi connectivity index (χ0v) is 17.1. The summed E-state index contributed by atoms with van der Waals surface area (Å²) in [6.07, 6.45) is -3.80. The van der Waals surface area contributed by atoms with Crippen LogP contribution in [0.15, 0.2) is 47.6 Å². The Kier molecular flexibility index (Phi) is 6.84. The van der Waals surface area contributed by atoms with Gasteiger partial charge >= 0.3 is 6.18 Å². The molecule has 0 saturated heterocycles. The molecular formula is C20H18F4N4O2S. The summed E-state index contributed by atoms with van der Waals surface area (Å²) in [7, 11) is 0. The zero-order valence-electron chi connectivity index (χ0n) is 16.3. The molecule has 2 N–H and O–H groups in total. The fourth-order valence-corrected chi connectivity index (χ4v) is 3.63. The van der Waals surface area contributed by atoms with Crippen molar-refractivity contribution in [2.24, 2.45) is 0 Å². The van der Waals surface area contributed by atoms with Crippen molar-refractivity contribution < 1.29 is 27.2 Å². The van der Waals surface area contributed by atoms with Crippen LogP contribution in [0, 0.1) is 5.82 Å². The second-order valence-electron chi connectivity index (χ2n) is 6.55. The van der Waals surface area contributed by atoms with Gasteiger partial charge in [-0.15, -0.1) is 0 Å². The Bertz CT molecular complexity index is 1100. The highest BCUT2D eigenvalue weighted by Crippen LogP contribution is 2.33. The van der Waals surface area contributed by atoms with Crippen LogP contribution in [-0.4, -0.2) is 27.1 Å². The van der Waals surface area contributed by atoms with Gasteiger partial charge in [-0.1, -0.05) is 18.7 Å². The molecule has 0 atom stereocenters. The van der Waals surface area contributed by atoms with Crippen molar-refractivity contribution in [2.75, 3.05) is 5.75 Å². The van der Waals surface area contributed by atoms with E-state index >= 15 is 0 Å². The number of imidazole rings is 1. The van der Waals surface area contributed by atoms with Gasteiger partial charge in [0.25, 0.3) is 5.91 Å². The van der Waals surface area contributed by atoms with Crippen LogP contribution in [-0.2, 0) is 17.5 Å². The number of amides is 2. The molecule has 3 aromatic rings. The molecule has 31 heavy (non-hydrogen) atoms. The molecule has 0 aliphatic carbocycles. The number of aromatic nitrogens is 2. The number of halogens is 4. The number of alkyl halides is 3. The Labute approximate surface area is 179 Å². The minimum absolute atomic E-state index is 0.122. The number of aryl methyl sites for hydroxylation is 1. The minimum atomic E-state index is -4.47. The molecule has 0 radical (unpaired) electrons. The molecule has 6 nitrogen and oxygen atoms in total. The van der Waals surface area contributed by atoms with E-state index in [0.29, 0.717) is 29.2 Å². The summed E-state index contributed by atoms with van der Waals surface area (Å²) in [5, 5.41) is 0.399. The first-order valence-corrected chi connectivity index (χ1v) is 10.2. The highest BCUT2D eigenvalue weighted by atomic mass is 32.2. The molecule has 11 heteroatoms. The largest absolute Gasteiger partial charge is 0.416 e. The number of carbonyl (C=O) groups excluding carboxylic acids is 2. The molecule has 164 valence electrons. The Morgan fingerprint density at radius 1 is 1.10 bits per heavy atom. The highest BCUT2D eigenvalue weighted by molar-refractivity contribution is 7.99. The molecular weight excluding hydrogens is 436 g/mol. The van der Waals surface area contributed by atoms with Gasteiger partial charge < -0.3 is 4.57 Å². The van der Waals surface area contributed by atoms with Gasteiger partial charge in [0.2, 0.25) is 5.91 Å². The average Bonchev–Trinajstić information content (AvgIpc) is 3.07. The predicted octanol–water partition coefficient (Wildman–Crippen LogP) is 4.16. The summed E-state index contributed by atoms with van der Waals surface area (Å²) >= 11 is 1.04. The molecule has 3 rings (SSSR count). The van der Waals surface area contributed by atoms with Crippen molar-refractivity contribution >= 4 is 34.6 Å². The topological polar surface area (TPSA) is 76.0 Å². The molecule has 0 unspecified atom stereocenters. The van der Waals surface area contributed by atoms with Gasteiger partial charge in [-0.2, -0.15) is 13.2 Å². The number of benzene rings is 2. The molecule has 2 amide bonds. The number of thioether (sulfide) groups is 1. The van der Waals surface area contributed by atoms with Gasteiger partial charge in [0.05, 0.1) is 22.3 Å². The van der Waals surface area contributed by atoms with E-state index in [-0.39, 0.29) is 11.3 Å². The monoisotopic (exact) mass is 454 g/mol. The highest BCUT2D eigenvalue weighted by Gasteiger charge is 2.31. The molecule has 0 saturated carbocycles. The van der Waals surface area contributed by atoms with Crippen LogP contribution in [0.1, 0.15) is 29.3 Å². The molecule has 1 aromatic heterocycles. The number of nitrogens with one attached hydrogen (secondary N) is 2. The van der Waals surface area contributed by atoms with Crippen LogP contribution in [0.25, 0.3) is 11.0 Å². The van der Waals surface area contributed by atoms with E-state index in [0.717, 1.165) is 36.0 Å². The number of hydrogen-bond donors (Lipinski definition) is 2. The van der Waals surface area contributed by atoms with Crippen LogP contribution in [0.3, 0.4) is 0 Å². The van der Waals surface area contributed by atoms with E-state index in [1.165, 1.54) is 18.2 Å². The molecule has 0 spiro atoms. The maximum Gasteiger partial charge on any atom is 0.416 e. The molecule has 2 aromatic carbocycles. The summed E-state index contributed by atoms with van der Waals surface area (Å²) in [6.45, 7) is 2.31. The van der Waals surface area contributed by atoms with Crippen molar-refractivity contribution in [3.63, 3.8) is 0 Å². The van der Waals surface area contributed by atoms with E-state index in [9.17, 15) is 27.2 Å². The molecule has 1 heterocycles. The van der Waals surface area contributed by atoms with E-state index in [1.807, 2.05) is 6.92 Å². The van der Waals surface area contributed by atoms with Crippen molar-refractivity contribution in [3.8, 4) is 0 Å². The lowest BCUT2D eigenvalue weighted by Gasteiger charge is -2.10. The first-order valence-electron chi connectivity index (χ1n) is 9.24. The quantitative estimate of drug-likeness (QED) is 0.333. The normalized spacial score (nSPS) is 11.5. The molecule has 0 bridgehead atoms. The van der Waals surface area contributed by atoms with E-state index < -0.39 is 29.4 Å². The zero-order chi connectivity index (χ0) is 22.6. The summed E-state index contributed by atoms with van der Waals surface area (Å²) in [5.41, 5.74) is 4.59. The average molecular weight is 454 g/mol. The number of hydrazine groups is 1. The third kappa shape index (κ3) is 5.54. The van der Waals surface area contributed by atoms with E-state index in [1.54, 1.807) is 4.57 Å². The van der Waals surface area contributed by atoms with Gasteiger partial charge in [0.15, 0.2) is 5.16 Å². The number of fused-ring (bicyclic) bond motifs is 1. The SMILES string of the molecule is CCCn1c(SCC(=O)NNC(=O)c2ccc(F)cc2)nc2ccc(C(F)(F)F)cc21. The third-order valence-corrected chi connectivity index (χ3v) is 5.22. The lowest BCUT2D eigenvalue weighted by atomic mass is 10.2. The predicted molar refractivity (Wildman–Crippen MR) is 108 cm³/mol. The number of hydrogen-bond acceptors (Lipinski definition) is 4. The Morgan fingerprint density at radius 3 is 2.45 bits per heavy atom. The lowest BCUT2D eigenvalue weighted by molar-refractivity contribution is -0.137. The van der Waals surface area contributed by atoms with Gasteiger partial charge in [-0.25, -0.2) is 9.37 Å². The molecule has 0 aliphatic rings. The van der Waals surface area contributed by atoms with Gasteiger partial charge in [-0.05, 0) is 48.9 Å². The van der Waals surface area contributed by atoms with Crippen LogP contribution < -0.4 is 10.9 Å². The van der Waals surface area contributed by atoms with Crippen LogP contribution in [0.2, 0.25) is 0 Å². The first kappa shape index (κ1) is 22.6. The van der Waals surface area contributed by atoms with Crippen molar-refractivity contribution in [3.05, 3.63) is 59.4 Å². The maximum atomic E-state index is 13.0. The fourth-order valence-electron chi connectivity index (χ4n) is 2.79. The molecule has 0 aliphatic heterocycles. The second kappa shape index (κ2) is 9.38. The maximum absolute atomic E-state index is 13.0. The lowest BCUT2D eigenvalue weighted by Crippen LogP contribution is -2.42. The smallest absolute Gasteiger partial charge is 0.319 e. The van der Waals surface area contributed by atoms with E-state index in [4.69, 9.17) is 0 Å². The van der Waals surface area contributed by atoms with Crippen LogP contribution >= 0.6 is 11.8 Å². The van der Waals surface area contributed by atoms with Crippen molar-refractivity contribution in [2.45, 2.75) is 31.2 Å². The standard InChI is InChI=1S/C20H18F4N4O2S/c1-2-9-28-16-10-13(20(22,23)24)5-8-15(16)25-19(28)31-11-17(29)26-27-18(30)12-3-6-14(21)7-4-12/h3-8,10H,2,9,11H2,1H3,(H,26,29)(H,27,30). The fraction of sp³-hybridized carbons (Fsp3) is 0.250. The summed E-state index contributed by atoms with van der Waals surface area (Å²) < 4.78 is 53.7. The summed E-state index contributed by atoms with van der Waals surface area (Å²) in [4.78, 5) is 28.4. The number of rotatable bonds is 6. The minimum Gasteiger partial charge on any atom is -0.319 e. The Balaban J connectivity index is 1.66. The number of carbonyl (C=O) groups is 2. The summed E-state index contributed by atoms with van der Waals surface area (Å²) in [6, 6.07) is 8.10. The third-order valence-electron chi connectivity index (χ3n) is 4.24. The Morgan fingerprint density at radius 2 is 1.81 bits per heavy atom. The van der Waals surface area contributed by atoms with Crippen LogP contribution in [0.5, 0.6) is 0 Å². The van der Waals surface area contributed by atoms with Gasteiger partial charge in [0, 0.05) is 12.1 Å². The van der Waals surface area contributed by atoms with Crippen molar-refractivity contribution in [1.82, 2.24) is 20.4 Å². The Hall–Kier alpha value is -3.08. The first-order chi connectivity index (χ1) is 14.7. The van der Waals surface area contributed by atoms with E-state index in [2.05, 4.69) is 15.8 Å². The second-order valence-corrected chi connectivity index (χ2v) is 7.49. The summed E-state index contributed by atoms with van der Waals surface area (Å²) in [5.74, 6) is -1.76. The van der Waals surface area contributed by atoms with Gasteiger partial charge in [0.1, 0.15) is 5.82 Å². The number of nitrogens with zero attached hydrogens (tertiary/aromatic N) is 2. The van der Waals surface area contributed by atoms with Crippen molar-refractivity contribution in [1.29, 1.82) is 0 Å². The molecule has 0 fully saturated rings.